The Labute approximate surface area is 269 Å². The van der Waals surface area contributed by atoms with Crippen molar-refractivity contribution in [3.8, 4) is 0 Å². The molecule has 3 fully saturated rings. The molecule has 8 rings (SSSR count). The van der Waals surface area contributed by atoms with Crippen LogP contribution in [0.5, 0.6) is 0 Å². The lowest BCUT2D eigenvalue weighted by atomic mass is 10.1. The van der Waals surface area contributed by atoms with Gasteiger partial charge in [0.05, 0.1) is 11.3 Å². The first-order chi connectivity index (χ1) is 22.7. The highest BCUT2D eigenvalue weighted by atomic mass is 16.8. The van der Waals surface area contributed by atoms with E-state index in [0.717, 1.165) is 34.9 Å². The standard InChI is InChI=1S/C33H34N8O6/c1-33(2)46-26-27(31(42)38-21-10-11-21)45-32(28(26)47-33)40-18-37-25-29(35-17-36-30(25)40)34-13-12-20-16-39(24-9-4-3-8-23(20)24)15-19-6-5-7-22(14-19)41(43)44/h3-9,14,16-18,21,26-28,32H,10-13,15H2,1-2H3,(H,38,42)(H,34,35,36)/t26-,27+,28-,32-/m1/s1. The summed E-state index contributed by atoms with van der Waals surface area (Å²) in [6.45, 7) is 4.75. The minimum Gasteiger partial charge on any atom is -0.368 e. The van der Waals surface area contributed by atoms with Crippen molar-refractivity contribution >= 4 is 39.5 Å². The van der Waals surface area contributed by atoms with Gasteiger partial charge in [-0.3, -0.25) is 19.5 Å². The summed E-state index contributed by atoms with van der Waals surface area (Å²) in [5.74, 6) is -0.481. The minimum absolute atomic E-state index is 0.0770. The molecular formula is C33H34N8O6. The number of benzene rings is 2. The number of hydrogen-bond donors (Lipinski definition) is 2. The number of non-ortho nitro benzene ring substituents is 1. The quantitative estimate of drug-likeness (QED) is 0.168. The van der Waals surface area contributed by atoms with E-state index >= 15 is 0 Å². The van der Waals surface area contributed by atoms with Gasteiger partial charge < -0.3 is 29.4 Å². The molecule has 242 valence electrons. The molecule has 0 bridgehead atoms. The Balaban J connectivity index is 1.00. The monoisotopic (exact) mass is 638 g/mol. The number of fused-ring (bicyclic) bond motifs is 3. The molecular weight excluding hydrogens is 604 g/mol. The number of nitrogens with zero attached hydrogens (tertiary/aromatic N) is 6. The summed E-state index contributed by atoms with van der Waals surface area (Å²) in [5.41, 5.74) is 4.25. The molecule has 3 aliphatic rings. The largest absolute Gasteiger partial charge is 0.368 e. The van der Waals surface area contributed by atoms with Gasteiger partial charge in [-0.15, -0.1) is 0 Å². The summed E-state index contributed by atoms with van der Waals surface area (Å²) >= 11 is 0. The summed E-state index contributed by atoms with van der Waals surface area (Å²) < 4.78 is 22.6. The SMILES string of the molecule is CC1(C)O[C@@H]2[C@H](O1)[C@@H](C(=O)NC1CC1)O[C@H]2n1cnc2c(NCCc3cn(Cc4cccc([N+](=O)[O-])c4)c4ccccc34)ncnc21. The summed E-state index contributed by atoms with van der Waals surface area (Å²) in [4.78, 5) is 37.6. The highest BCUT2D eigenvalue weighted by molar-refractivity contribution is 5.85. The van der Waals surface area contributed by atoms with Gasteiger partial charge in [0.25, 0.3) is 11.6 Å². The van der Waals surface area contributed by atoms with Gasteiger partial charge in [-0.2, -0.15) is 0 Å². The van der Waals surface area contributed by atoms with E-state index in [-0.39, 0.29) is 22.6 Å². The number of carbonyl (C=O) groups is 1. The topological polar surface area (TPSA) is 160 Å². The van der Waals surface area contributed by atoms with E-state index in [1.54, 1.807) is 23.0 Å². The number of nitro groups is 1. The van der Waals surface area contributed by atoms with Crippen LogP contribution < -0.4 is 10.6 Å². The second-order valence-electron chi connectivity index (χ2n) is 12.7. The highest BCUT2D eigenvalue weighted by Crippen LogP contribution is 2.44. The van der Waals surface area contributed by atoms with Crippen molar-refractivity contribution in [3.05, 3.63) is 88.6 Å². The number of rotatable bonds is 10. The first-order valence-electron chi connectivity index (χ1n) is 15.8. The van der Waals surface area contributed by atoms with Crippen LogP contribution in [-0.4, -0.2) is 71.6 Å². The zero-order chi connectivity index (χ0) is 32.3. The maximum atomic E-state index is 13.1. The number of hydrogen-bond acceptors (Lipinski definition) is 10. The fourth-order valence-electron chi connectivity index (χ4n) is 6.62. The van der Waals surface area contributed by atoms with Crippen LogP contribution in [-0.2, 0) is 32.0 Å². The third-order valence-electron chi connectivity index (χ3n) is 8.88. The molecule has 2 aromatic carbocycles. The van der Waals surface area contributed by atoms with Crippen LogP contribution in [0.15, 0.2) is 67.4 Å². The fraction of sp³-hybridized carbons (Fsp3) is 0.394. The van der Waals surface area contributed by atoms with Crippen molar-refractivity contribution in [2.24, 2.45) is 0 Å². The normalized spacial score (nSPS) is 23.3. The maximum absolute atomic E-state index is 13.1. The predicted octanol–water partition coefficient (Wildman–Crippen LogP) is 4.09. The molecule has 2 saturated heterocycles. The molecule has 14 nitrogen and oxygen atoms in total. The second-order valence-corrected chi connectivity index (χ2v) is 12.7. The Kier molecular flexibility index (Phi) is 7.15. The Morgan fingerprint density at radius 1 is 1.09 bits per heavy atom. The molecule has 1 amide bonds. The zero-order valence-corrected chi connectivity index (χ0v) is 25.9. The summed E-state index contributed by atoms with van der Waals surface area (Å²) in [6, 6.07) is 15.1. The predicted molar refractivity (Wildman–Crippen MR) is 171 cm³/mol. The van der Waals surface area contributed by atoms with Crippen molar-refractivity contribution in [1.82, 2.24) is 29.4 Å². The van der Waals surface area contributed by atoms with Gasteiger partial charge >= 0.3 is 0 Å². The number of aromatic nitrogens is 5. The van der Waals surface area contributed by atoms with Crippen LogP contribution in [0.3, 0.4) is 0 Å². The number of ether oxygens (including phenoxy) is 3. The highest BCUT2D eigenvalue weighted by Gasteiger charge is 2.58. The molecule has 2 N–H and O–H groups in total. The van der Waals surface area contributed by atoms with E-state index in [1.165, 1.54) is 12.4 Å². The van der Waals surface area contributed by atoms with E-state index in [4.69, 9.17) is 14.2 Å². The van der Waals surface area contributed by atoms with E-state index < -0.39 is 30.3 Å². The van der Waals surface area contributed by atoms with Crippen molar-refractivity contribution < 1.29 is 23.9 Å². The van der Waals surface area contributed by atoms with Gasteiger partial charge in [0, 0.05) is 48.4 Å². The van der Waals surface area contributed by atoms with Crippen molar-refractivity contribution in [2.75, 3.05) is 11.9 Å². The average Bonchev–Trinajstić information content (AvgIpc) is 3.34. The van der Waals surface area contributed by atoms with E-state index in [0.29, 0.717) is 36.5 Å². The number of amides is 1. The molecule has 0 spiro atoms. The molecule has 4 atom stereocenters. The Morgan fingerprint density at radius 3 is 2.74 bits per heavy atom. The number of nitro benzene ring substituents is 1. The van der Waals surface area contributed by atoms with Crippen LogP contribution in [0.1, 0.15) is 44.0 Å². The molecule has 5 heterocycles. The van der Waals surface area contributed by atoms with Crippen molar-refractivity contribution in [2.45, 2.75) is 76.0 Å². The smallest absolute Gasteiger partial charge is 0.269 e. The molecule has 3 aromatic heterocycles. The maximum Gasteiger partial charge on any atom is 0.269 e. The van der Waals surface area contributed by atoms with E-state index in [9.17, 15) is 14.9 Å². The Morgan fingerprint density at radius 2 is 1.91 bits per heavy atom. The van der Waals surface area contributed by atoms with Gasteiger partial charge in [0.15, 0.2) is 35.1 Å². The lowest BCUT2D eigenvalue weighted by Gasteiger charge is -2.24. The molecule has 5 aromatic rings. The molecule has 1 saturated carbocycles. The van der Waals surface area contributed by atoms with Gasteiger partial charge in [0.1, 0.15) is 18.5 Å². The van der Waals surface area contributed by atoms with Crippen LogP contribution in [0.2, 0.25) is 0 Å². The van der Waals surface area contributed by atoms with Crippen LogP contribution in [0.25, 0.3) is 22.1 Å². The molecule has 47 heavy (non-hydrogen) atoms. The molecule has 0 unspecified atom stereocenters. The Bertz CT molecular complexity index is 2000. The second kappa shape index (κ2) is 11.4. The van der Waals surface area contributed by atoms with Crippen molar-refractivity contribution in [3.63, 3.8) is 0 Å². The minimum atomic E-state index is -0.865. The first kappa shape index (κ1) is 29.5. The zero-order valence-electron chi connectivity index (χ0n) is 25.9. The number of anilines is 1. The molecule has 14 heteroatoms. The van der Waals surface area contributed by atoms with Crippen LogP contribution in [0.4, 0.5) is 11.5 Å². The number of imidazole rings is 1. The van der Waals surface area contributed by atoms with Gasteiger partial charge in [-0.05, 0) is 50.3 Å². The summed E-state index contributed by atoms with van der Waals surface area (Å²) in [6.07, 6.45) is 5.29. The fourth-order valence-corrected chi connectivity index (χ4v) is 6.62. The molecule has 2 aliphatic heterocycles. The molecule has 1 aliphatic carbocycles. The van der Waals surface area contributed by atoms with Crippen molar-refractivity contribution in [1.29, 1.82) is 0 Å². The van der Waals surface area contributed by atoms with Gasteiger partial charge in [0.2, 0.25) is 0 Å². The molecule has 0 radical (unpaired) electrons. The van der Waals surface area contributed by atoms with Gasteiger partial charge in [-0.1, -0.05) is 30.3 Å². The third-order valence-corrected chi connectivity index (χ3v) is 8.88. The third kappa shape index (κ3) is 5.58. The van der Waals surface area contributed by atoms with E-state index in [1.807, 2.05) is 32.0 Å². The average molecular weight is 639 g/mol. The number of para-hydroxylation sites is 1. The van der Waals surface area contributed by atoms with Crippen LogP contribution >= 0.6 is 0 Å². The van der Waals surface area contributed by atoms with Gasteiger partial charge in [-0.25, -0.2) is 15.0 Å². The lowest BCUT2D eigenvalue weighted by molar-refractivity contribution is -0.384. The van der Waals surface area contributed by atoms with Crippen LogP contribution in [0, 0.1) is 10.1 Å². The number of carbonyl (C=O) groups excluding carboxylic acids is 1. The summed E-state index contributed by atoms with van der Waals surface area (Å²) in [7, 11) is 0. The Hall–Kier alpha value is -4.92. The first-order valence-corrected chi connectivity index (χ1v) is 15.8. The summed E-state index contributed by atoms with van der Waals surface area (Å²) in [5, 5.41) is 18.9. The number of nitrogens with one attached hydrogen (secondary N) is 2. The van der Waals surface area contributed by atoms with E-state index in [2.05, 4.69) is 48.5 Å². The lowest BCUT2D eigenvalue weighted by Crippen LogP contribution is -2.43.